The van der Waals surface area contributed by atoms with Crippen molar-refractivity contribution in [3.8, 4) is 5.75 Å². The molecule has 1 aromatic rings. The number of alkyl halides is 2. The first-order valence-corrected chi connectivity index (χ1v) is 5.13. The van der Waals surface area contributed by atoms with E-state index in [2.05, 4.69) is 0 Å². The lowest BCUT2D eigenvalue weighted by Gasteiger charge is -2.06. The van der Waals surface area contributed by atoms with Crippen molar-refractivity contribution in [3.05, 3.63) is 27.3 Å². The third-order valence-electron chi connectivity index (χ3n) is 1.62. The molecule has 1 amide bonds. The molecule has 6 heteroatoms. The molecule has 0 unspecified atom stereocenters. The molecule has 0 bridgehead atoms. The van der Waals surface area contributed by atoms with Gasteiger partial charge in [-0.3, -0.25) is 4.79 Å². The van der Waals surface area contributed by atoms with E-state index < -0.39 is 18.9 Å². The summed E-state index contributed by atoms with van der Waals surface area (Å²) in [6.45, 7) is -0.719. The quantitative estimate of drug-likeness (QED) is 0.835. The van der Waals surface area contributed by atoms with Crippen LogP contribution in [0.4, 0.5) is 8.78 Å². The largest absolute Gasteiger partial charge is 0.507 e. The van der Waals surface area contributed by atoms with Gasteiger partial charge in [0.1, 0.15) is 5.75 Å². The van der Waals surface area contributed by atoms with Gasteiger partial charge in [0.25, 0.3) is 12.3 Å². The standard InChI is InChI=1S/C9H8F2INO2/c10-8(11)4-13-9(15)6-3-5(12)1-2-7(6)14/h1-3,8,14H,4H2,(H,13,15). The van der Waals surface area contributed by atoms with Gasteiger partial charge >= 0.3 is 0 Å². The second-order valence-electron chi connectivity index (χ2n) is 2.76. The Morgan fingerprint density at radius 2 is 2.20 bits per heavy atom. The van der Waals surface area contributed by atoms with Crippen LogP contribution >= 0.6 is 22.6 Å². The predicted molar refractivity (Wildman–Crippen MR) is 59.2 cm³/mol. The van der Waals surface area contributed by atoms with Gasteiger partial charge in [-0.1, -0.05) is 0 Å². The Morgan fingerprint density at radius 1 is 1.53 bits per heavy atom. The van der Waals surface area contributed by atoms with Gasteiger partial charge in [-0.05, 0) is 40.8 Å². The van der Waals surface area contributed by atoms with Gasteiger partial charge in [-0.25, -0.2) is 8.78 Å². The number of hydrogen-bond acceptors (Lipinski definition) is 2. The molecule has 0 spiro atoms. The van der Waals surface area contributed by atoms with Crippen molar-refractivity contribution in [2.75, 3.05) is 6.54 Å². The molecule has 0 saturated heterocycles. The third-order valence-corrected chi connectivity index (χ3v) is 2.29. The minimum Gasteiger partial charge on any atom is -0.507 e. The topological polar surface area (TPSA) is 49.3 Å². The fraction of sp³-hybridized carbons (Fsp3) is 0.222. The van der Waals surface area contributed by atoms with Crippen molar-refractivity contribution in [2.24, 2.45) is 0 Å². The Hall–Kier alpha value is -0.920. The lowest BCUT2D eigenvalue weighted by atomic mass is 10.2. The van der Waals surface area contributed by atoms with Crippen LogP contribution in [0, 0.1) is 3.57 Å². The van der Waals surface area contributed by atoms with Crippen molar-refractivity contribution in [1.82, 2.24) is 5.32 Å². The number of aromatic hydroxyl groups is 1. The summed E-state index contributed by atoms with van der Waals surface area (Å²) in [5.74, 6) is -0.923. The summed E-state index contributed by atoms with van der Waals surface area (Å²) in [6.07, 6.45) is -2.60. The van der Waals surface area contributed by atoms with E-state index in [4.69, 9.17) is 0 Å². The Balaban J connectivity index is 2.77. The summed E-state index contributed by atoms with van der Waals surface area (Å²) >= 11 is 1.96. The summed E-state index contributed by atoms with van der Waals surface area (Å²) in [5.41, 5.74) is 0.00236. The van der Waals surface area contributed by atoms with Crippen LogP contribution in [-0.2, 0) is 0 Å². The zero-order valence-electron chi connectivity index (χ0n) is 7.51. The molecule has 0 aliphatic carbocycles. The Bertz CT molecular complexity index is 371. The van der Waals surface area contributed by atoms with E-state index in [1.165, 1.54) is 12.1 Å². The molecule has 0 aromatic heterocycles. The molecular weight excluding hydrogens is 319 g/mol. The van der Waals surface area contributed by atoms with Gasteiger partial charge < -0.3 is 10.4 Å². The highest BCUT2D eigenvalue weighted by molar-refractivity contribution is 14.1. The van der Waals surface area contributed by atoms with Crippen molar-refractivity contribution >= 4 is 28.5 Å². The number of amides is 1. The molecule has 2 N–H and O–H groups in total. The minimum absolute atomic E-state index is 0.00236. The van der Waals surface area contributed by atoms with Crippen molar-refractivity contribution in [2.45, 2.75) is 6.43 Å². The van der Waals surface area contributed by atoms with Gasteiger partial charge in [0.2, 0.25) is 0 Å². The molecule has 15 heavy (non-hydrogen) atoms. The van der Waals surface area contributed by atoms with E-state index in [9.17, 15) is 18.7 Å². The highest BCUT2D eigenvalue weighted by Crippen LogP contribution is 2.19. The summed E-state index contributed by atoms with van der Waals surface area (Å²) in [5, 5.41) is 11.3. The molecule has 0 heterocycles. The summed E-state index contributed by atoms with van der Waals surface area (Å²) < 4.78 is 24.4. The van der Waals surface area contributed by atoms with Gasteiger partial charge in [0.15, 0.2) is 0 Å². The third kappa shape index (κ3) is 3.61. The smallest absolute Gasteiger partial charge is 0.255 e. The normalized spacial score (nSPS) is 10.4. The van der Waals surface area contributed by atoms with Gasteiger partial charge in [0, 0.05) is 3.57 Å². The number of hydrogen-bond donors (Lipinski definition) is 2. The number of rotatable bonds is 3. The van der Waals surface area contributed by atoms with Crippen LogP contribution in [0.15, 0.2) is 18.2 Å². The maximum atomic E-state index is 11.8. The van der Waals surface area contributed by atoms with Crippen LogP contribution in [0.2, 0.25) is 0 Å². The average molecular weight is 327 g/mol. The first-order chi connectivity index (χ1) is 7.00. The number of carbonyl (C=O) groups is 1. The van der Waals surface area contributed by atoms with E-state index in [0.717, 1.165) is 3.57 Å². The van der Waals surface area contributed by atoms with E-state index in [1.807, 2.05) is 27.9 Å². The van der Waals surface area contributed by atoms with Crippen LogP contribution in [0.1, 0.15) is 10.4 Å². The van der Waals surface area contributed by atoms with Crippen molar-refractivity contribution < 1.29 is 18.7 Å². The Kier molecular flexibility index (Phi) is 4.25. The number of carbonyl (C=O) groups excluding carboxylic acids is 1. The SMILES string of the molecule is O=C(NCC(F)F)c1cc(I)ccc1O. The maximum Gasteiger partial charge on any atom is 0.255 e. The summed E-state index contributed by atoms with van der Waals surface area (Å²) in [6, 6.07) is 4.38. The van der Waals surface area contributed by atoms with Crippen LogP contribution in [0.3, 0.4) is 0 Å². The fourth-order valence-corrected chi connectivity index (χ4v) is 1.45. The Morgan fingerprint density at radius 3 is 2.80 bits per heavy atom. The monoisotopic (exact) mass is 327 g/mol. The molecule has 0 atom stereocenters. The molecule has 1 rings (SSSR count). The molecular formula is C9H8F2INO2. The number of phenolic OH excluding ortho intramolecular Hbond substituents is 1. The number of phenols is 1. The molecule has 0 saturated carbocycles. The van der Waals surface area contributed by atoms with E-state index >= 15 is 0 Å². The highest BCUT2D eigenvalue weighted by Gasteiger charge is 2.12. The zero-order valence-corrected chi connectivity index (χ0v) is 9.66. The second-order valence-corrected chi connectivity index (χ2v) is 4.01. The number of benzene rings is 1. The first-order valence-electron chi connectivity index (χ1n) is 4.05. The van der Waals surface area contributed by atoms with Gasteiger partial charge in [-0.15, -0.1) is 0 Å². The zero-order chi connectivity index (χ0) is 11.4. The minimum atomic E-state index is -2.60. The van der Waals surface area contributed by atoms with Crippen LogP contribution in [-0.4, -0.2) is 24.0 Å². The lowest BCUT2D eigenvalue weighted by Crippen LogP contribution is -2.28. The maximum absolute atomic E-state index is 11.8. The molecule has 0 fully saturated rings. The van der Waals surface area contributed by atoms with Gasteiger partial charge in [-0.2, -0.15) is 0 Å². The lowest BCUT2D eigenvalue weighted by molar-refractivity contribution is 0.0889. The molecule has 0 radical (unpaired) electrons. The van der Waals surface area contributed by atoms with E-state index in [-0.39, 0.29) is 11.3 Å². The summed E-state index contributed by atoms with van der Waals surface area (Å²) in [7, 11) is 0. The van der Waals surface area contributed by atoms with Crippen molar-refractivity contribution in [1.29, 1.82) is 0 Å². The van der Waals surface area contributed by atoms with Crippen LogP contribution in [0.25, 0.3) is 0 Å². The fourth-order valence-electron chi connectivity index (χ4n) is 0.955. The summed E-state index contributed by atoms with van der Waals surface area (Å²) in [4.78, 5) is 11.3. The Labute approximate surface area is 98.6 Å². The van der Waals surface area contributed by atoms with E-state index in [0.29, 0.717) is 0 Å². The van der Waals surface area contributed by atoms with Crippen LogP contribution < -0.4 is 5.32 Å². The second kappa shape index (κ2) is 5.24. The van der Waals surface area contributed by atoms with Crippen molar-refractivity contribution in [3.63, 3.8) is 0 Å². The molecule has 82 valence electrons. The highest BCUT2D eigenvalue weighted by atomic mass is 127. The number of halogens is 3. The molecule has 1 aromatic carbocycles. The first kappa shape index (κ1) is 12.2. The molecule has 0 aliphatic heterocycles. The predicted octanol–water partition coefficient (Wildman–Crippen LogP) is 1.99. The number of nitrogens with one attached hydrogen (secondary N) is 1. The average Bonchev–Trinajstić information content (AvgIpc) is 2.18. The van der Waals surface area contributed by atoms with Crippen LogP contribution in [0.5, 0.6) is 5.75 Å². The molecule has 0 aliphatic rings. The molecule has 3 nitrogen and oxygen atoms in total. The van der Waals surface area contributed by atoms with Gasteiger partial charge in [0.05, 0.1) is 12.1 Å². The van der Waals surface area contributed by atoms with E-state index in [1.54, 1.807) is 6.07 Å².